The summed E-state index contributed by atoms with van der Waals surface area (Å²) in [6.07, 6.45) is 2.95. The number of benzene rings is 1. The second-order valence-corrected chi connectivity index (χ2v) is 3.49. The molecule has 1 aromatic carbocycles. The molecule has 16 heavy (non-hydrogen) atoms. The second kappa shape index (κ2) is 6.26. The highest BCUT2D eigenvalue weighted by atomic mass is 16.5. The van der Waals surface area contributed by atoms with Crippen molar-refractivity contribution in [2.24, 2.45) is 0 Å². The Morgan fingerprint density at radius 1 is 1.00 bits per heavy atom. The molecule has 0 atom stereocenters. The van der Waals surface area contributed by atoms with Gasteiger partial charge < -0.3 is 14.2 Å². The third kappa shape index (κ3) is 2.81. The fourth-order valence-corrected chi connectivity index (χ4v) is 1.61. The van der Waals surface area contributed by atoms with Crippen molar-refractivity contribution in [3.8, 4) is 17.2 Å². The van der Waals surface area contributed by atoms with Gasteiger partial charge in [0.1, 0.15) is 0 Å². The van der Waals surface area contributed by atoms with E-state index in [9.17, 15) is 0 Å². The van der Waals surface area contributed by atoms with E-state index in [-0.39, 0.29) is 0 Å². The van der Waals surface area contributed by atoms with Crippen LogP contribution in [0.5, 0.6) is 17.2 Å². The summed E-state index contributed by atoms with van der Waals surface area (Å²) in [5.74, 6) is 2.06. The van der Waals surface area contributed by atoms with Crippen molar-refractivity contribution < 1.29 is 14.2 Å². The van der Waals surface area contributed by atoms with Gasteiger partial charge in [-0.3, -0.25) is 0 Å². The largest absolute Gasteiger partial charge is 0.493 e. The van der Waals surface area contributed by atoms with Gasteiger partial charge in [-0.2, -0.15) is 0 Å². The van der Waals surface area contributed by atoms with E-state index in [0.717, 1.165) is 19.3 Å². The van der Waals surface area contributed by atoms with Crippen LogP contribution in [-0.2, 0) is 6.42 Å². The van der Waals surface area contributed by atoms with Crippen molar-refractivity contribution in [2.45, 2.75) is 19.3 Å². The second-order valence-electron chi connectivity index (χ2n) is 3.49. The van der Waals surface area contributed by atoms with Gasteiger partial charge in [-0.15, -0.1) is 0 Å². The number of hydrogen-bond acceptors (Lipinski definition) is 3. The predicted octanol–water partition coefficient (Wildman–Crippen LogP) is 2.87. The molecule has 0 N–H and O–H groups in total. The smallest absolute Gasteiger partial charge is 0.203 e. The number of rotatable bonds is 6. The molecule has 0 saturated carbocycles. The van der Waals surface area contributed by atoms with Crippen LogP contribution in [0.15, 0.2) is 12.1 Å². The summed E-state index contributed by atoms with van der Waals surface area (Å²) < 4.78 is 15.8. The van der Waals surface area contributed by atoms with Gasteiger partial charge in [0.05, 0.1) is 21.3 Å². The molecule has 0 aromatic heterocycles. The van der Waals surface area contributed by atoms with E-state index in [4.69, 9.17) is 14.2 Å². The molecule has 0 fully saturated rings. The molecule has 0 saturated heterocycles. The zero-order valence-electron chi connectivity index (χ0n) is 10.2. The van der Waals surface area contributed by atoms with Crippen LogP contribution in [-0.4, -0.2) is 21.3 Å². The summed E-state index contributed by atoms with van der Waals surface area (Å²) in [6.45, 7) is 3.83. The molecule has 0 spiro atoms. The lowest BCUT2D eigenvalue weighted by Gasteiger charge is -2.13. The van der Waals surface area contributed by atoms with Crippen LogP contribution in [0.4, 0.5) is 0 Å². The van der Waals surface area contributed by atoms with E-state index in [0.29, 0.717) is 17.2 Å². The monoisotopic (exact) mass is 223 g/mol. The Labute approximate surface area is 97.3 Å². The van der Waals surface area contributed by atoms with Crippen LogP contribution >= 0.6 is 0 Å². The maximum absolute atomic E-state index is 5.28. The van der Waals surface area contributed by atoms with Crippen molar-refractivity contribution in [3.05, 3.63) is 24.6 Å². The van der Waals surface area contributed by atoms with Crippen molar-refractivity contribution in [1.29, 1.82) is 0 Å². The first kappa shape index (κ1) is 12.7. The minimum Gasteiger partial charge on any atom is -0.493 e. The van der Waals surface area contributed by atoms with Gasteiger partial charge in [0.15, 0.2) is 11.5 Å². The molecule has 89 valence electrons. The molecule has 1 rings (SSSR count). The lowest BCUT2D eigenvalue weighted by atomic mass is 10.1. The molecule has 3 heteroatoms. The van der Waals surface area contributed by atoms with Gasteiger partial charge in [-0.25, -0.2) is 0 Å². The van der Waals surface area contributed by atoms with Gasteiger partial charge in [-0.05, 0) is 30.5 Å². The summed E-state index contributed by atoms with van der Waals surface area (Å²) in [7, 11) is 4.86. The van der Waals surface area contributed by atoms with Crippen molar-refractivity contribution in [1.82, 2.24) is 0 Å². The van der Waals surface area contributed by atoms with Crippen LogP contribution in [0.25, 0.3) is 0 Å². The zero-order chi connectivity index (χ0) is 12.0. The van der Waals surface area contributed by atoms with Crippen LogP contribution < -0.4 is 14.2 Å². The van der Waals surface area contributed by atoms with Gasteiger partial charge in [0.25, 0.3) is 0 Å². The average Bonchev–Trinajstić information content (AvgIpc) is 2.34. The Balaban J connectivity index is 3.05. The number of unbranched alkanes of at least 4 members (excludes halogenated alkanes) is 1. The Morgan fingerprint density at radius 3 is 1.94 bits per heavy atom. The molecular formula is C13H19O3. The number of ether oxygens (including phenoxy) is 3. The molecule has 1 aromatic rings. The fraction of sp³-hybridized carbons (Fsp3) is 0.462. The van der Waals surface area contributed by atoms with Crippen LogP contribution in [0.3, 0.4) is 0 Å². The lowest BCUT2D eigenvalue weighted by molar-refractivity contribution is 0.323. The minimum absolute atomic E-state index is 0.642. The Bertz CT molecular complexity index is 309. The van der Waals surface area contributed by atoms with Crippen molar-refractivity contribution >= 4 is 0 Å². The van der Waals surface area contributed by atoms with E-state index in [1.807, 2.05) is 12.1 Å². The quantitative estimate of drug-likeness (QED) is 0.742. The molecule has 0 amide bonds. The van der Waals surface area contributed by atoms with E-state index >= 15 is 0 Å². The molecule has 0 aliphatic heterocycles. The minimum atomic E-state index is 0.642. The standard InChI is InChI=1S/C13H19O3/c1-5-6-7-10-8-11(14-2)13(16-4)12(9-10)15-3/h8-9H,1,5-7H2,2-4H3. The van der Waals surface area contributed by atoms with Crippen LogP contribution in [0.2, 0.25) is 0 Å². The first-order chi connectivity index (χ1) is 7.76. The molecule has 0 bridgehead atoms. The summed E-state index contributed by atoms with van der Waals surface area (Å²) in [4.78, 5) is 0. The summed E-state index contributed by atoms with van der Waals surface area (Å²) in [5, 5.41) is 0. The van der Waals surface area contributed by atoms with Crippen molar-refractivity contribution in [3.63, 3.8) is 0 Å². The number of hydrogen-bond donors (Lipinski definition) is 0. The SMILES string of the molecule is [CH2]CCCc1cc(OC)c(OC)c(OC)c1. The highest BCUT2D eigenvalue weighted by Crippen LogP contribution is 2.38. The topological polar surface area (TPSA) is 27.7 Å². The Morgan fingerprint density at radius 2 is 1.56 bits per heavy atom. The molecule has 0 aliphatic carbocycles. The van der Waals surface area contributed by atoms with Crippen LogP contribution in [0.1, 0.15) is 18.4 Å². The molecule has 3 nitrogen and oxygen atoms in total. The first-order valence-electron chi connectivity index (χ1n) is 5.35. The maximum atomic E-state index is 5.28. The summed E-state index contributed by atoms with van der Waals surface area (Å²) in [5.41, 5.74) is 1.18. The lowest BCUT2D eigenvalue weighted by Crippen LogP contribution is -1.97. The fourth-order valence-electron chi connectivity index (χ4n) is 1.61. The summed E-state index contributed by atoms with van der Waals surface area (Å²) in [6, 6.07) is 3.97. The highest BCUT2D eigenvalue weighted by molar-refractivity contribution is 5.53. The zero-order valence-corrected chi connectivity index (χ0v) is 10.2. The average molecular weight is 223 g/mol. The van der Waals surface area contributed by atoms with Crippen molar-refractivity contribution in [2.75, 3.05) is 21.3 Å². The molecular weight excluding hydrogens is 204 g/mol. The summed E-state index contributed by atoms with van der Waals surface area (Å²) >= 11 is 0. The highest BCUT2D eigenvalue weighted by Gasteiger charge is 2.12. The Hall–Kier alpha value is -1.38. The molecule has 1 radical (unpaired) electrons. The Kier molecular flexibility index (Phi) is 4.96. The normalized spacial score (nSPS) is 10.0. The van der Waals surface area contributed by atoms with Gasteiger partial charge in [0.2, 0.25) is 5.75 Å². The number of aryl methyl sites for hydroxylation is 1. The molecule has 0 aliphatic rings. The maximum Gasteiger partial charge on any atom is 0.203 e. The van der Waals surface area contributed by atoms with Gasteiger partial charge >= 0.3 is 0 Å². The third-order valence-electron chi connectivity index (χ3n) is 2.44. The van der Waals surface area contributed by atoms with E-state index < -0.39 is 0 Å². The number of methoxy groups -OCH3 is 3. The third-order valence-corrected chi connectivity index (χ3v) is 2.44. The van der Waals surface area contributed by atoms with Crippen LogP contribution in [0, 0.1) is 6.92 Å². The van der Waals surface area contributed by atoms with Gasteiger partial charge in [-0.1, -0.05) is 13.3 Å². The van der Waals surface area contributed by atoms with Gasteiger partial charge in [0, 0.05) is 0 Å². The molecule has 0 unspecified atom stereocenters. The first-order valence-corrected chi connectivity index (χ1v) is 5.35. The van der Waals surface area contributed by atoms with E-state index in [1.54, 1.807) is 21.3 Å². The molecule has 0 heterocycles. The van der Waals surface area contributed by atoms with E-state index in [2.05, 4.69) is 6.92 Å². The van der Waals surface area contributed by atoms with E-state index in [1.165, 1.54) is 5.56 Å². The predicted molar refractivity (Wildman–Crippen MR) is 64.4 cm³/mol.